The second-order valence-corrected chi connectivity index (χ2v) is 8.16. The van der Waals surface area contributed by atoms with Crippen LogP contribution in [0.5, 0.6) is 0 Å². The van der Waals surface area contributed by atoms with Gasteiger partial charge in [-0.25, -0.2) is 12.8 Å². The Kier molecular flexibility index (Phi) is 7.26. The van der Waals surface area contributed by atoms with Crippen LogP contribution in [-0.2, 0) is 10.0 Å². The van der Waals surface area contributed by atoms with Crippen LogP contribution in [0.1, 0.15) is 26.3 Å². The monoisotopic (exact) mass is 396 g/mol. The summed E-state index contributed by atoms with van der Waals surface area (Å²) in [6, 6.07) is 6.70. The van der Waals surface area contributed by atoms with Gasteiger partial charge in [0, 0.05) is 18.1 Å². The molecule has 0 spiro atoms. The second kappa shape index (κ2) is 8.15. The molecule has 1 aliphatic rings. The maximum absolute atomic E-state index is 13.0. The molecule has 1 heterocycles. The van der Waals surface area contributed by atoms with Crippen LogP contribution in [0.2, 0.25) is 5.02 Å². The third-order valence-corrected chi connectivity index (χ3v) is 6.60. The summed E-state index contributed by atoms with van der Waals surface area (Å²) in [6.07, 6.45) is 0. The summed E-state index contributed by atoms with van der Waals surface area (Å²) in [6.45, 7) is 5.87. The first kappa shape index (κ1) is 21.4. The molecule has 0 unspecified atom stereocenters. The van der Waals surface area contributed by atoms with Crippen LogP contribution in [0.4, 0.5) is 4.39 Å². The highest BCUT2D eigenvalue weighted by Gasteiger charge is 2.49. The van der Waals surface area contributed by atoms with Crippen molar-refractivity contribution >= 4 is 38.9 Å². The Labute approximate surface area is 154 Å². The zero-order chi connectivity index (χ0) is 17.3. The maximum atomic E-state index is 13.0. The molecule has 0 amide bonds. The summed E-state index contributed by atoms with van der Waals surface area (Å²) >= 11 is 5.91. The van der Waals surface area contributed by atoms with Crippen molar-refractivity contribution in [3.63, 3.8) is 0 Å². The molecule has 2 rings (SSSR count). The summed E-state index contributed by atoms with van der Waals surface area (Å²) in [5.41, 5.74) is 0.550. The SMILES string of the molecule is CCNCC1=C(c2ccc(Cl)cc2)S(=O)(=O)N(CCF)C1(C)C.Cl. The predicted molar refractivity (Wildman–Crippen MR) is 99.8 cm³/mol. The minimum absolute atomic E-state index is 0. The van der Waals surface area contributed by atoms with Gasteiger partial charge in [-0.2, -0.15) is 4.31 Å². The summed E-state index contributed by atoms with van der Waals surface area (Å²) in [5.74, 6) is 0. The van der Waals surface area contributed by atoms with E-state index in [1.54, 1.807) is 24.3 Å². The molecule has 1 aromatic carbocycles. The molecule has 0 radical (unpaired) electrons. The van der Waals surface area contributed by atoms with E-state index in [-0.39, 0.29) is 23.9 Å². The number of hydrogen-bond donors (Lipinski definition) is 1. The number of halogens is 3. The molecule has 0 aliphatic carbocycles. The van der Waals surface area contributed by atoms with Crippen LogP contribution in [0.25, 0.3) is 4.91 Å². The van der Waals surface area contributed by atoms with Gasteiger partial charge in [-0.3, -0.25) is 0 Å². The van der Waals surface area contributed by atoms with E-state index in [1.807, 2.05) is 20.8 Å². The van der Waals surface area contributed by atoms with Crippen molar-refractivity contribution in [2.45, 2.75) is 26.3 Å². The van der Waals surface area contributed by atoms with Crippen molar-refractivity contribution in [3.8, 4) is 0 Å². The van der Waals surface area contributed by atoms with Crippen molar-refractivity contribution in [1.29, 1.82) is 0 Å². The number of sulfonamides is 1. The van der Waals surface area contributed by atoms with E-state index >= 15 is 0 Å². The maximum Gasteiger partial charge on any atom is 0.244 e. The molecule has 0 aromatic heterocycles. The molecular weight excluding hydrogens is 374 g/mol. The van der Waals surface area contributed by atoms with Crippen molar-refractivity contribution in [1.82, 2.24) is 9.62 Å². The van der Waals surface area contributed by atoms with Gasteiger partial charge in [-0.1, -0.05) is 30.7 Å². The molecule has 8 heteroatoms. The van der Waals surface area contributed by atoms with E-state index in [1.165, 1.54) is 4.31 Å². The lowest BCUT2D eigenvalue weighted by Crippen LogP contribution is -2.45. The lowest BCUT2D eigenvalue weighted by atomic mass is 9.91. The van der Waals surface area contributed by atoms with Crippen molar-refractivity contribution < 1.29 is 12.8 Å². The van der Waals surface area contributed by atoms with Crippen molar-refractivity contribution in [3.05, 3.63) is 40.4 Å². The molecule has 0 bridgehead atoms. The summed E-state index contributed by atoms with van der Waals surface area (Å²) < 4.78 is 40.2. The van der Waals surface area contributed by atoms with E-state index in [4.69, 9.17) is 11.6 Å². The number of nitrogens with one attached hydrogen (secondary N) is 1. The first-order valence-electron chi connectivity index (χ1n) is 7.56. The fourth-order valence-corrected chi connectivity index (χ4v) is 5.38. The molecule has 1 aliphatic heterocycles. The summed E-state index contributed by atoms with van der Waals surface area (Å²) in [4.78, 5) is 0.258. The number of alkyl halides is 1. The smallest absolute Gasteiger partial charge is 0.244 e. The average molecular weight is 397 g/mol. The number of nitrogens with zero attached hydrogens (tertiary/aromatic N) is 1. The Morgan fingerprint density at radius 3 is 2.33 bits per heavy atom. The Hall–Kier alpha value is -0.660. The Balaban J connectivity index is 0.00000288. The molecule has 0 saturated heterocycles. The minimum Gasteiger partial charge on any atom is -0.313 e. The van der Waals surface area contributed by atoms with Crippen LogP contribution >= 0.6 is 24.0 Å². The molecule has 1 aromatic rings. The highest BCUT2D eigenvalue weighted by atomic mass is 35.5. The molecular formula is C16H23Cl2FN2O2S. The molecule has 0 saturated carbocycles. The van der Waals surface area contributed by atoms with Gasteiger partial charge in [0.25, 0.3) is 0 Å². The first-order chi connectivity index (χ1) is 10.8. The quantitative estimate of drug-likeness (QED) is 0.800. The van der Waals surface area contributed by atoms with Gasteiger partial charge >= 0.3 is 0 Å². The Morgan fingerprint density at radius 1 is 1.25 bits per heavy atom. The molecule has 4 nitrogen and oxygen atoms in total. The topological polar surface area (TPSA) is 49.4 Å². The minimum atomic E-state index is -3.75. The highest BCUT2D eigenvalue weighted by Crippen LogP contribution is 2.44. The average Bonchev–Trinajstić information content (AvgIpc) is 2.63. The number of rotatable bonds is 6. The summed E-state index contributed by atoms with van der Waals surface area (Å²) in [5, 5.41) is 3.73. The van der Waals surface area contributed by atoms with Crippen LogP contribution in [0.3, 0.4) is 0 Å². The first-order valence-corrected chi connectivity index (χ1v) is 9.37. The largest absolute Gasteiger partial charge is 0.313 e. The fourth-order valence-electron chi connectivity index (χ4n) is 2.94. The van der Waals surface area contributed by atoms with E-state index in [9.17, 15) is 12.8 Å². The van der Waals surface area contributed by atoms with E-state index in [0.717, 1.165) is 12.1 Å². The van der Waals surface area contributed by atoms with Crippen LogP contribution in [-0.4, -0.2) is 44.6 Å². The fraction of sp³-hybridized carbons (Fsp3) is 0.500. The molecule has 24 heavy (non-hydrogen) atoms. The van der Waals surface area contributed by atoms with Gasteiger partial charge in [-0.05, 0) is 43.7 Å². The molecule has 136 valence electrons. The van der Waals surface area contributed by atoms with E-state index in [2.05, 4.69) is 5.32 Å². The molecule has 0 fully saturated rings. The lowest BCUT2D eigenvalue weighted by Gasteiger charge is -2.31. The van der Waals surface area contributed by atoms with E-state index < -0.39 is 22.2 Å². The van der Waals surface area contributed by atoms with Crippen LogP contribution in [0.15, 0.2) is 29.8 Å². The molecule has 1 N–H and O–H groups in total. The number of benzene rings is 1. The third kappa shape index (κ3) is 3.78. The van der Waals surface area contributed by atoms with Gasteiger partial charge in [0.1, 0.15) is 6.67 Å². The van der Waals surface area contributed by atoms with Crippen LogP contribution < -0.4 is 5.32 Å². The van der Waals surface area contributed by atoms with Gasteiger partial charge in [0.15, 0.2) is 0 Å². The number of likely N-dealkylation sites (N-methyl/N-ethyl adjacent to an activating group) is 1. The van der Waals surface area contributed by atoms with Crippen molar-refractivity contribution in [2.75, 3.05) is 26.3 Å². The lowest BCUT2D eigenvalue weighted by molar-refractivity contribution is 0.255. The Bertz CT molecular complexity index is 703. The van der Waals surface area contributed by atoms with Gasteiger partial charge < -0.3 is 5.32 Å². The number of hydrogen-bond acceptors (Lipinski definition) is 3. The van der Waals surface area contributed by atoms with Crippen molar-refractivity contribution in [2.24, 2.45) is 0 Å². The Morgan fingerprint density at radius 2 is 1.83 bits per heavy atom. The molecule has 0 atom stereocenters. The van der Waals surface area contributed by atoms with Gasteiger partial charge in [0.05, 0.1) is 10.4 Å². The standard InChI is InChI=1S/C16H22ClFN2O2S.ClH/c1-4-19-11-14-15(12-5-7-13(17)8-6-12)23(21,22)20(10-9-18)16(14,2)3;/h5-8,19H,4,9-11H2,1-3H3;1H. The van der Waals surface area contributed by atoms with E-state index in [0.29, 0.717) is 17.1 Å². The zero-order valence-electron chi connectivity index (χ0n) is 14.0. The predicted octanol–water partition coefficient (Wildman–Crippen LogP) is 3.48. The second-order valence-electron chi connectivity index (χ2n) is 5.92. The normalized spacial score (nSPS) is 19.4. The third-order valence-electron chi connectivity index (χ3n) is 4.13. The zero-order valence-corrected chi connectivity index (χ0v) is 16.4. The van der Waals surface area contributed by atoms with Gasteiger partial charge in [-0.15, -0.1) is 12.4 Å². The highest BCUT2D eigenvalue weighted by molar-refractivity contribution is 7.98. The van der Waals surface area contributed by atoms with Gasteiger partial charge in [0.2, 0.25) is 10.0 Å². The summed E-state index contributed by atoms with van der Waals surface area (Å²) in [7, 11) is -3.75. The van der Waals surface area contributed by atoms with Crippen LogP contribution in [0, 0.1) is 0 Å².